The molecule has 0 saturated heterocycles. The van der Waals surface area contributed by atoms with Crippen molar-refractivity contribution in [3.63, 3.8) is 0 Å². The minimum atomic E-state index is 0.265. The molecule has 0 bridgehead atoms. The summed E-state index contributed by atoms with van der Waals surface area (Å²) in [6.07, 6.45) is 1.30. The van der Waals surface area contributed by atoms with Crippen molar-refractivity contribution in [1.29, 1.82) is 0 Å². The third kappa shape index (κ3) is 4.61. The number of rotatable bonds is 4. The Balaban J connectivity index is 2.52. The van der Waals surface area contributed by atoms with Crippen molar-refractivity contribution >= 4 is 11.8 Å². The lowest BCUT2D eigenvalue weighted by Crippen LogP contribution is -2.10. The zero-order valence-electron chi connectivity index (χ0n) is 11.2. The van der Waals surface area contributed by atoms with Crippen LogP contribution in [0.1, 0.15) is 46.6 Å². The van der Waals surface area contributed by atoms with Gasteiger partial charge in [-0.15, -0.1) is 11.8 Å². The molecule has 1 aromatic rings. The van der Waals surface area contributed by atoms with Gasteiger partial charge in [-0.2, -0.15) is 0 Å². The molecule has 1 heteroatoms. The minimum Gasteiger partial charge on any atom is -0.126 e. The van der Waals surface area contributed by atoms with Gasteiger partial charge >= 0.3 is 0 Å². The molecule has 0 aromatic heterocycles. The monoisotopic (exact) mass is 236 g/mol. The van der Waals surface area contributed by atoms with Crippen molar-refractivity contribution in [2.75, 3.05) is 5.75 Å². The van der Waals surface area contributed by atoms with E-state index in [2.05, 4.69) is 58.9 Å². The summed E-state index contributed by atoms with van der Waals surface area (Å²) in [5.41, 5.74) is 1.68. The van der Waals surface area contributed by atoms with Gasteiger partial charge < -0.3 is 0 Å². The first-order valence-corrected chi connectivity index (χ1v) is 7.11. The normalized spacial score (nSPS) is 12.1. The van der Waals surface area contributed by atoms with Gasteiger partial charge in [0.15, 0.2) is 0 Å². The van der Waals surface area contributed by atoms with Crippen molar-refractivity contribution in [2.45, 2.75) is 51.3 Å². The highest BCUT2D eigenvalue weighted by Gasteiger charge is 2.12. The smallest absolute Gasteiger partial charge is 0.00721 e. The highest BCUT2D eigenvalue weighted by atomic mass is 32.2. The van der Waals surface area contributed by atoms with Crippen molar-refractivity contribution in [2.24, 2.45) is 5.92 Å². The second-order valence-corrected chi connectivity index (χ2v) is 6.97. The minimum absolute atomic E-state index is 0.265. The Kier molecular flexibility index (Phi) is 4.91. The maximum Gasteiger partial charge on any atom is 0.00721 e. The Bertz CT molecular complexity index is 303. The van der Waals surface area contributed by atoms with Crippen LogP contribution < -0.4 is 0 Å². The summed E-state index contributed by atoms with van der Waals surface area (Å²) in [6, 6.07) is 9.03. The maximum absolute atomic E-state index is 2.28. The average Bonchev–Trinajstić information content (AvgIpc) is 2.16. The van der Waals surface area contributed by atoms with E-state index in [9.17, 15) is 0 Å². The molecular formula is C15H24S. The molecule has 0 nitrogen and oxygen atoms in total. The second-order valence-electron chi connectivity index (χ2n) is 5.81. The fourth-order valence-corrected chi connectivity index (χ4v) is 2.62. The molecule has 0 saturated carbocycles. The van der Waals surface area contributed by atoms with Gasteiger partial charge in [-0.1, -0.05) is 46.8 Å². The van der Waals surface area contributed by atoms with Crippen molar-refractivity contribution < 1.29 is 0 Å². The summed E-state index contributed by atoms with van der Waals surface area (Å²) >= 11 is 1.97. The average molecular weight is 236 g/mol. The third-order valence-corrected chi connectivity index (χ3v) is 3.73. The van der Waals surface area contributed by atoms with Gasteiger partial charge in [0.05, 0.1) is 0 Å². The van der Waals surface area contributed by atoms with Gasteiger partial charge in [-0.05, 0) is 41.2 Å². The molecule has 0 spiro atoms. The standard InChI is InChI=1S/C15H24S/c1-12(2)10-11-16-14-8-6-13(7-9-14)15(3,4)5/h6-9,12H,10-11H2,1-5H3. The molecule has 0 radical (unpaired) electrons. The van der Waals surface area contributed by atoms with E-state index < -0.39 is 0 Å². The predicted octanol–water partition coefficient (Wildman–Crippen LogP) is 5.12. The number of thioether (sulfide) groups is 1. The molecule has 0 aliphatic heterocycles. The van der Waals surface area contributed by atoms with Crippen LogP contribution in [0, 0.1) is 5.92 Å². The number of benzene rings is 1. The highest BCUT2D eigenvalue weighted by Crippen LogP contribution is 2.26. The van der Waals surface area contributed by atoms with E-state index in [1.54, 1.807) is 0 Å². The van der Waals surface area contributed by atoms with Crippen LogP contribution in [-0.4, -0.2) is 5.75 Å². The quantitative estimate of drug-likeness (QED) is 0.654. The number of hydrogen-bond acceptors (Lipinski definition) is 1. The van der Waals surface area contributed by atoms with Crippen LogP contribution in [-0.2, 0) is 5.41 Å². The van der Waals surface area contributed by atoms with Crippen LogP contribution in [0.3, 0.4) is 0 Å². The van der Waals surface area contributed by atoms with E-state index in [4.69, 9.17) is 0 Å². The van der Waals surface area contributed by atoms with Crippen LogP contribution in [0.2, 0.25) is 0 Å². The maximum atomic E-state index is 2.28. The van der Waals surface area contributed by atoms with Gasteiger partial charge in [0.25, 0.3) is 0 Å². The van der Waals surface area contributed by atoms with E-state index in [0.29, 0.717) is 0 Å². The molecular weight excluding hydrogens is 212 g/mol. The van der Waals surface area contributed by atoms with Gasteiger partial charge in [0, 0.05) is 4.90 Å². The second kappa shape index (κ2) is 5.77. The summed E-state index contributed by atoms with van der Waals surface area (Å²) in [5, 5.41) is 0. The first-order chi connectivity index (χ1) is 7.39. The summed E-state index contributed by atoms with van der Waals surface area (Å²) in [7, 11) is 0. The lowest BCUT2D eigenvalue weighted by molar-refractivity contribution is 0.589. The summed E-state index contributed by atoms with van der Waals surface area (Å²) < 4.78 is 0. The van der Waals surface area contributed by atoms with Crippen LogP contribution in [0.15, 0.2) is 29.2 Å². The molecule has 0 atom stereocenters. The van der Waals surface area contributed by atoms with E-state index >= 15 is 0 Å². The molecule has 0 N–H and O–H groups in total. The molecule has 16 heavy (non-hydrogen) atoms. The lowest BCUT2D eigenvalue weighted by atomic mass is 9.87. The summed E-state index contributed by atoms with van der Waals surface area (Å²) in [6.45, 7) is 11.3. The molecule has 1 rings (SSSR count). The largest absolute Gasteiger partial charge is 0.126 e. The molecule has 0 unspecified atom stereocenters. The van der Waals surface area contributed by atoms with Crippen molar-refractivity contribution in [1.82, 2.24) is 0 Å². The van der Waals surface area contributed by atoms with E-state index in [1.807, 2.05) is 11.8 Å². The fourth-order valence-electron chi connectivity index (χ4n) is 1.46. The third-order valence-electron chi connectivity index (χ3n) is 2.68. The van der Waals surface area contributed by atoms with Gasteiger partial charge in [0.2, 0.25) is 0 Å². The Morgan fingerprint density at radius 1 is 1.06 bits per heavy atom. The SMILES string of the molecule is CC(C)CCSc1ccc(C(C)(C)C)cc1. The van der Waals surface area contributed by atoms with Crippen molar-refractivity contribution in [3.05, 3.63) is 29.8 Å². The zero-order chi connectivity index (χ0) is 12.2. The first kappa shape index (κ1) is 13.6. The Labute approximate surface area is 105 Å². The first-order valence-electron chi connectivity index (χ1n) is 6.13. The fraction of sp³-hybridized carbons (Fsp3) is 0.600. The van der Waals surface area contributed by atoms with E-state index in [1.165, 1.54) is 22.6 Å². The molecule has 90 valence electrons. The van der Waals surface area contributed by atoms with Gasteiger partial charge in [0.1, 0.15) is 0 Å². The molecule has 0 aliphatic carbocycles. The van der Waals surface area contributed by atoms with E-state index in [0.717, 1.165) is 5.92 Å². The van der Waals surface area contributed by atoms with E-state index in [-0.39, 0.29) is 5.41 Å². The predicted molar refractivity (Wildman–Crippen MR) is 75.3 cm³/mol. The Morgan fingerprint density at radius 2 is 1.62 bits per heavy atom. The molecule has 0 amide bonds. The van der Waals surface area contributed by atoms with Crippen LogP contribution in [0.25, 0.3) is 0 Å². The number of hydrogen-bond donors (Lipinski definition) is 0. The molecule has 1 aromatic carbocycles. The Hall–Kier alpha value is -0.430. The summed E-state index contributed by atoms with van der Waals surface area (Å²) in [4.78, 5) is 1.40. The molecule has 0 heterocycles. The van der Waals surface area contributed by atoms with Crippen LogP contribution in [0.5, 0.6) is 0 Å². The van der Waals surface area contributed by atoms with Crippen LogP contribution >= 0.6 is 11.8 Å². The zero-order valence-corrected chi connectivity index (χ0v) is 12.0. The highest BCUT2D eigenvalue weighted by molar-refractivity contribution is 7.99. The molecule has 0 fully saturated rings. The lowest BCUT2D eigenvalue weighted by Gasteiger charge is -2.19. The van der Waals surface area contributed by atoms with Gasteiger partial charge in [-0.25, -0.2) is 0 Å². The van der Waals surface area contributed by atoms with Gasteiger partial charge in [-0.3, -0.25) is 0 Å². The Morgan fingerprint density at radius 3 is 2.06 bits per heavy atom. The van der Waals surface area contributed by atoms with Crippen molar-refractivity contribution in [3.8, 4) is 0 Å². The summed E-state index contributed by atoms with van der Waals surface area (Å²) in [5.74, 6) is 2.04. The topological polar surface area (TPSA) is 0 Å². The molecule has 0 aliphatic rings. The van der Waals surface area contributed by atoms with Crippen LogP contribution in [0.4, 0.5) is 0 Å².